The normalized spacial score (nSPS) is 47.2. The van der Waals surface area contributed by atoms with Gasteiger partial charge >= 0.3 is 0 Å². The van der Waals surface area contributed by atoms with Crippen LogP contribution in [0.1, 0.15) is 35.4 Å². The van der Waals surface area contributed by atoms with Gasteiger partial charge in [0.2, 0.25) is 0 Å². The molecule has 0 bridgehead atoms. The molecule has 0 spiro atoms. The first-order chi connectivity index (χ1) is 47.6. The number of hydrogen-bond donors (Lipinski definition) is 24. The average molecular weight is 1430 g/mol. The highest BCUT2D eigenvalue weighted by Crippen LogP contribution is 2.38. The molecule has 1 aromatic carbocycles. The van der Waals surface area contributed by atoms with Gasteiger partial charge in [-0.1, -0.05) is 34.7 Å². The minimum absolute atomic E-state index is 0.0166. The van der Waals surface area contributed by atoms with Gasteiger partial charge in [-0.25, -0.2) is 9.36 Å². The fraction of sp³-hybridized carbons (Fsp3) is 0.828. The molecule has 11 rings (SSSR count). The van der Waals surface area contributed by atoms with Crippen molar-refractivity contribution in [2.24, 2.45) is 68.8 Å². The molecule has 42 heteroatoms. The van der Waals surface area contributed by atoms with Gasteiger partial charge in [-0.3, -0.25) is 0 Å². The number of nitrogens with two attached hydrogens (primary N) is 12. The van der Waals surface area contributed by atoms with Crippen molar-refractivity contribution in [2.75, 3.05) is 26.2 Å². The zero-order chi connectivity index (χ0) is 72.0. The average Bonchev–Trinajstić information content (AvgIpc) is 1.57. The van der Waals surface area contributed by atoms with Gasteiger partial charge in [-0.2, -0.15) is 0 Å². The third kappa shape index (κ3) is 16.2. The smallest absolute Gasteiger partial charge is 0.187 e. The highest BCUT2D eigenvalue weighted by Gasteiger charge is 2.58. The Morgan fingerprint density at radius 1 is 0.350 bits per heavy atom. The quantitative estimate of drug-likeness (QED) is 0.0396. The molecule has 42 nitrogen and oxygen atoms in total. The van der Waals surface area contributed by atoms with E-state index in [0.717, 1.165) is 11.1 Å². The Morgan fingerprint density at radius 3 is 0.950 bits per heavy atom. The summed E-state index contributed by atoms with van der Waals surface area (Å²) in [5, 5.41) is 150. The molecule has 8 fully saturated rings. The van der Waals surface area contributed by atoms with Crippen molar-refractivity contribution in [3.05, 3.63) is 59.2 Å². The Bertz CT molecular complexity index is 2880. The number of aliphatic hydroxyl groups is 12. The van der Waals surface area contributed by atoms with E-state index < -0.39 is 233 Å². The molecule has 8 aliphatic rings. The maximum absolute atomic E-state index is 12.1. The molecule has 2 aromatic heterocycles. The Morgan fingerprint density at radius 2 is 0.640 bits per heavy atom. The van der Waals surface area contributed by atoms with E-state index in [4.69, 9.17) is 126 Å². The van der Waals surface area contributed by atoms with E-state index in [9.17, 15) is 61.3 Å². The number of aliphatic hydroxyl groups excluding tert-OH is 12. The van der Waals surface area contributed by atoms with Crippen LogP contribution in [0.2, 0.25) is 0 Å². The summed E-state index contributed by atoms with van der Waals surface area (Å²) >= 11 is 0. The maximum Gasteiger partial charge on any atom is 0.187 e. The zero-order valence-corrected chi connectivity index (χ0v) is 54.4. The van der Waals surface area contributed by atoms with Crippen LogP contribution >= 0.6 is 0 Å². The molecule has 3 aromatic rings. The first-order valence-electron chi connectivity index (χ1n) is 33.3. The molecule has 6 saturated heterocycles. The largest absolute Gasteiger partial charge is 0.389 e. The van der Waals surface area contributed by atoms with E-state index in [1.54, 1.807) is 12.4 Å². The number of hydrogen-bond acceptors (Lipinski definition) is 40. The molecule has 566 valence electrons. The summed E-state index contributed by atoms with van der Waals surface area (Å²) in [5.74, 6) is 0. The second-order valence-electron chi connectivity index (χ2n) is 27.2. The van der Waals surface area contributed by atoms with Crippen LogP contribution in [0.3, 0.4) is 0 Å². The number of nitrogens with zero attached hydrogens (tertiary/aromatic N) is 6. The zero-order valence-electron chi connectivity index (χ0n) is 54.4. The van der Waals surface area contributed by atoms with Crippen LogP contribution < -0.4 is 68.8 Å². The first-order valence-corrected chi connectivity index (χ1v) is 33.3. The summed E-state index contributed by atoms with van der Waals surface area (Å²) in [6.07, 6.45) is -38.8. The van der Waals surface area contributed by atoms with Gasteiger partial charge in [-0.15, -0.1) is 10.2 Å². The topological polar surface area (TPSA) is 727 Å². The lowest BCUT2D eigenvalue weighted by atomic mass is 9.84. The molecule has 38 atom stereocenters. The van der Waals surface area contributed by atoms with Crippen LogP contribution in [0, 0.1) is 0 Å². The van der Waals surface area contributed by atoms with E-state index >= 15 is 0 Å². The summed E-state index contributed by atoms with van der Waals surface area (Å²) in [6, 6.07) is -1.70. The molecule has 2 aliphatic carbocycles. The lowest BCUT2D eigenvalue weighted by molar-refractivity contribution is -0.306. The third-order valence-corrected chi connectivity index (χ3v) is 20.1. The lowest BCUT2D eigenvalue weighted by Gasteiger charge is -2.47. The van der Waals surface area contributed by atoms with Crippen LogP contribution in [0.25, 0.3) is 0 Å². The summed E-state index contributed by atoms with van der Waals surface area (Å²) in [4.78, 5) is 0. The molecule has 100 heavy (non-hydrogen) atoms. The second kappa shape index (κ2) is 32.8. The minimum Gasteiger partial charge on any atom is -0.389 e. The molecule has 36 N–H and O–H groups in total. The van der Waals surface area contributed by atoms with Crippen molar-refractivity contribution in [3.63, 3.8) is 0 Å². The Kier molecular flexibility index (Phi) is 25.3. The van der Waals surface area contributed by atoms with Gasteiger partial charge < -0.3 is 187 Å². The van der Waals surface area contributed by atoms with E-state index in [2.05, 4.69) is 20.6 Å². The fourth-order valence-corrected chi connectivity index (χ4v) is 14.1. The number of aromatic nitrogens is 6. The van der Waals surface area contributed by atoms with Gasteiger partial charge in [0.15, 0.2) is 37.7 Å². The highest BCUT2D eigenvalue weighted by atomic mass is 16.8. The number of rotatable bonds is 24. The van der Waals surface area contributed by atoms with Crippen molar-refractivity contribution >= 4 is 0 Å². The Hall–Kier alpha value is -3.94. The van der Waals surface area contributed by atoms with Crippen molar-refractivity contribution in [1.82, 2.24) is 30.0 Å². The minimum atomic E-state index is -1.72. The molecular formula is C58H100N18O24. The van der Waals surface area contributed by atoms with Crippen LogP contribution in [0.4, 0.5) is 0 Å². The Balaban J connectivity index is 0.774. The molecule has 8 heterocycles. The van der Waals surface area contributed by atoms with Gasteiger partial charge in [0.1, 0.15) is 134 Å². The monoisotopic (exact) mass is 1430 g/mol. The van der Waals surface area contributed by atoms with Crippen molar-refractivity contribution in [3.8, 4) is 0 Å². The van der Waals surface area contributed by atoms with E-state index in [0.29, 0.717) is 11.4 Å². The van der Waals surface area contributed by atoms with Crippen molar-refractivity contribution < 1.29 is 118 Å². The third-order valence-electron chi connectivity index (χ3n) is 20.1. The Labute approximate surface area is 572 Å². The van der Waals surface area contributed by atoms with Crippen LogP contribution in [-0.2, 0) is 82.8 Å². The number of ether oxygens (including phenoxy) is 12. The fourth-order valence-electron chi connectivity index (χ4n) is 14.1. The van der Waals surface area contributed by atoms with Crippen LogP contribution in [-0.4, -0.2) is 350 Å². The van der Waals surface area contributed by atoms with Crippen molar-refractivity contribution in [1.29, 1.82) is 0 Å². The molecule has 0 amide bonds. The predicted octanol–water partition coefficient (Wildman–Crippen LogP) is -15.7. The first kappa shape index (κ1) is 77.2. The molecule has 0 radical (unpaired) electrons. The molecular weight excluding hydrogens is 1330 g/mol. The standard InChI is InChI=1S/C58H100N18O24/c59-9-25-37(79)41(83)31(67)53(89-25)95-47-23(65)7-21(63)35(77)51(47)99-57-45(87)49(97-55-33(69)43(85)39(81)27(11-61)91-55)29(93-57)15-75-13-19(71-73-75)5-17-2-1-3-18(4-17)6-20-14-76(74-72-20)16-30-50(98-56-34(70)44(86)40(82)28(12-62)92-56)46(88)58(94-30)100-52-36(78)22(64)8-24(66)48(52)96-54-32(68)42(84)38(80)26(10-60)90-54/h1-4,13-14,21-58,77-88H,5-12,15-16,59-70H2/t21-,22+,23+,24-,25-,26-,27-,28+,29-,30-,31-,32-,33+,34+,35+,36-,37-,38-,39+,40+,41-,42-,43+,44+,45-,46-,47-,48+,49-,50-,51-,52+,53-,54-,55+,56+,57+,58+/m1/s1. The maximum atomic E-state index is 12.1. The summed E-state index contributed by atoms with van der Waals surface area (Å²) in [6.45, 7) is -1.26. The van der Waals surface area contributed by atoms with E-state index in [1.165, 1.54) is 9.36 Å². The van der Waals surface area contributed by atoms with Gasteiger partial charge in [-0.05, 0) is 24.0 Å². The van der Waals surface area contributed by atoms with E-state index in [-0.39, 0.29) is 65.0 Å². The summed E-state index contributed by atoms with van der Waals surface area (Å²) < 4.78 is 76.7. The molecule has 2 saturated carbocycles. The van der Waals surface area contributed by atoms with Crippen LogP contribution in [0.15, 0.2) is 36.7 Å². The van der Waals surface area contributed by atoms with Crippen molar-refractivity contribution in [2.45, 2.75) is 271 Å². The van der Waals surface area contributed by atoms with Gasteiger partial charge in [0.25, 0.3) is 0 Å². The summed E-state index contributed by atoms with van der Waals surface area (Å²) in [5.41, 5.74) is 76.9. The molecule has 0 unspecified atom stereocenters. The lowest BCUT2D eigenvalue weighted by Crippen LogP contribution is -2.68. The molecule has 6 aliphatic heterocycles. The van der Waals surface area contributed by atoms with Gasteiger partial charge in [0, 0.05) is 75.6 Å². The van der Waals surface area contributed by atoms with Gasteiger partial charge in [0.05, 0.1) is 60.9 Å². The SMILES string of the molecule is NC[C@@H]1O[C@@H](O[C@H]2[C@@H](O)[C@H](O[C@H]3[C@H](O)[C@@H](N)C[C@@H](N)[C@@H]3O[C@H]3O[C@H](CN)[C@@H](O)[C@H](O)[C@H]3N)O[C@@H]2Cn2cc(Cc3cccc(Cc4cn(C[C@H]5O[C@@H](O[C@@H]6[C@@H](O)[C@H](N)C[C@H](N)[C@H]6O[C@H]6O[C@H](CN)[C@@H](O)[C@H](O)[C@H]6N)[C@H](O)[C@@H]5O[C@@H]5O[C@H](CN)[C@H](O)[C@@H](O)[C@@H]5N)nn4)c3)nn2)[C@@H](N)[C@H](O)[C@H]1O. The summed E-state index contributed by atoms with van der Waals surface area (Å²) in [7, 11) is 0. The van der Waals surface area contributed by atoms with E-state index in [1.807, 2.05) is 24.3 Å². The highest BCUT2D eigenvalue weighted by molar-refractivity contribution is 5.29. The second-order valence-corrected chi connectivity index (χ2v) is 27.2. The predicted molar refractivity (Wildman–Crippen MR) is 335 cm³/mol. The van der Waals surface area contributed by atoms with Crippen LogP contribution in [0.5, 0.6) is 0 Å². The number of benzene rings is 1.